The third-order valence-corrected chi connectivity index (χ3v) is 5.92. The molecule has 0 bridgehead atoms. The number of hydrogen-bond donors (Lipinski definition) is 4. The first-order valence-corrected chi connectivity index (χ1v) is 8.60. The van der Waals surface area contributed by atoms with Crippen molar-refractivity contribution in [3.63, 3.8) is 0 Å². The SMILES string of the molecule is O=CNc1c(I)c(CC(O)CO)c(I)c(NC=O)c1I. The molecule has 0 saturated heterocycles. The van der Waals surface area contributed by atoms with Crippen molar-refractivity contribution in [3.05, 3.63) is 16.3 Å². The molecule has 0 fully saturated rings. The molecule has 0 heterocycles. The van der Waals surface area contributed by atoms with Crippen molar-refractivity contribution >= 4 is 92.0 Å². The van der Waals surface area contributed by atoms with Gasteiger partial charge in [-0.2, -0.15) is 0 Å². The van der Waals surface area contributed by atoms with E-state index >= 15 is 0 Å². The number of halogens is 3. The number of aliphatic hydroxyl groups excluding tert-OH is 2. The molecule has 0 saturated carbocycles. The van der Waals surface area contributed by atoms with Crippen molar-refractivity contribution in [2.75, 3.05) is 17.2 Å². The predicted octanol–water partition coefficient (Wildman–Crippen LogP) is 1.53. The molecule has 0 aromatic heterocycles. The summed E-state index contributed by atoms with van der Waals surface area (Å²) >= 11 is 6.18. The van der Waals surface area contributed by atoms with Crippen LogP contribution in [0.15, 0.2) is 0 Å². The van der Waals surface area contributed by atoms with E-state index in [4.69, 9.17) is 5.11 Å². The van der Waals surface area contributed by atoms with Crippen molar-refractivity contribution in [2.24, 2.45) is 0 Å². The van der Waals surface area contributed by atoms with Crippen LogP contribution in [0.2, 0.25) is 0 Å². The number of aliphatic hydroxyl groups is 2. The van der Waals surface area contributed by atoms with Gasteiger partial charge in [-0.1, -0.05) is 0 Å². The van der Waals surface area contributed by atoms with E-state index in [1.54, 1.807) is 0 Å². The Labute approximate surface area is 156 Å². The van der Waals surface area contributed by atoms with Crippen molar-refractivity contribution in [3.8, 4) is 0 Å². The standard InChI is InChI=1S/C11H11I3N2O4/c12-7-6(1-5(20)2-17)8(13)11(16-4-19)9(14)10(7)15-3-18/h3-5,17,20H,1-2H2,(H,15,18)(H,16,19). The molecule has 0 spiro atoms. The summed E-state index contributed by atoms with van der Waals surface area (Å²) in [6, 6.07) is 0. The highest BCUT2D eigenvalue weighted by atomic mass is 127. The minimum atomic E-state index is -0.898. The van der Waals surface area contributed by atoms with Crippen molar-refractivity contribution in [2.45, 2.75) is 12.5 Å². The molecule has 0 aliphatic rings. The first-order valence-electron chi connectivity index (χ1n) is 5.36. The molecular formula is C11H11I3N2O4. The van der Waals surface area contributed by atoms with Crippen LogP contribution in [0, 0.1) is 10.7 Å². The Morgan fingerprint density at radius 2 is 1.45 bits per heavy atom. The lowest BCUT2D eigenvalue weighted by Gasteiger charge is -2.19. The van der Waals surface area contributed by atoms with Gasteiger partial charge in [-0.3, -0.25) is 9.59 Å². The predicted molar refractivity (Wildman–Crippen MR) is 101 cm³/mol. The third kappa shape index (κ3) is 4.14. The number of benzene rings is 1. The van der Waals surface area contributed by atoms with E-state index in [2.05, 4.69) is 55.8 Å². The Bertz CT molecular complexity index is 488. The number of amides is 2. The van der Waals surface area contributed by atoms with Crippen LogP contribution in [-0.4, -0.2) is 35.7 Å². The number of anilines is 2. The first kappa shape index (κ1) is 18.3. The molecular weight excluding hydrogens is 605 g/mol. The van der Waals surface area contributed by atoms with Gasteiger partial charge >= 0.3 is 0 Å². The fourth-order valence-corrected chi connectivity index (χ4v) is 5.80. The zero-order valence-electron chi connectivity index (χ0n) is 9.99. The van der Waals surface area contributed by atoms with E-state index in [-0.39, 0.29) is 13.0 Å². The Kier molecular flexibility index (Phi) is 7.92. The van der Waals surface area contributed by atoms with Gasteiger partial charge in [-0.15, -0.1) is 0 Å². The molecule has 1 atom stereocenters. The highest BCUT2D eigenvalue weighted by Crippen LogP contribution is 2.38. The summed E-state index contributed by atoms with van der Waals surface area (Å²) in [7, 11) is 0. The van der Waals surface area contributed by atoms with E-state index < -0.39 is 6.10 Å². The largest absolute Gasteiger partial charge is 0.394 e. The molecule has 2 amide bonds. The van der Waals surface area contributed by atoms with Gasteiger partial charge < -0.3 is 20.8 Å². The fraction of sp³-hybridized carbons (Fsp3) is 0.273. The van der Waals surface area contributed by atoms with E-state index in [1.165, 1.54) is 0 Å². The maximum Gasteiger partial charge on any atom is 0.211 e. The van der Waals surface area contributed by atoms with E-state index in [9.17, 15) is 14.7 Å². The van der Waals surface area contributed by atoms with Crippen LogP contribution >= 0.6 is 67.8 Å². The zero-order chi connectivity index (χ0) is 15.3. The summed E-state index contributed by atoms with van der Waals surface area (Å²) in [5.74, 6) is 0. The molecule has 110 valence electrons. The second-order valence-electron chi connectivity index (χ2n) is 3.74. The number of rotatable bonds is 7. The van der Waals surface area contributed by atoms with Crippen molar-refractivity contribution in [1.29, 1.82) is 0 Å². The van der Waals surface area contributed by atoms with Gasteiger partial charge in [0.15, 0.2) is 0 Å². The van der Waals surface area contributed by atoms with Gasteiger partial charge in [0.25, 0.3) is 0 Å². The Morgan fingerprint density at radius 3 is 1.80 bits per heavy atom. The quantitative estimate of drug-likeness (QED) is 0.276. The molecule has 4 N–H and O–H groups in total. The van der Waals surface area contributed by atoms with Gasteiger partial charge in [0.05, 0.1) is 27.7 Å². The molecule has 1 rings (SSSR count). The van der Waals surface area contributed by atoms with Crippen LogP contribution in [0.4, 0.5) is 11.4 Å². The lowest BCUT2D eigenvalue weighted by molar-refractivity contribution is -0.106. The number of nitrogens with one attached hydrogen (secondary N) is 2. The van der Waals surface area contributed by atoms with Crippen LogP contribution in [0.25, 0.3) is 0 Å². The highest BCUT2D eigenvalue weighted by Gasteiger charge is 2.21. The molecule has 0 aliphatic heterocycles. The lowest BCUT2D eigenvalue weighted by atomic mass is 10.1. The first-order chi connectivity index (χ1) is 9.47. The van der Waals surface area contributed by atoms with E-state index in [0.29, 0.717) is 27.8 Å². The van der Waals surface area contributed by atoms with Crippen LogP contribution in [0.5, 0.6) is 0 Å². The number of hydrogen-bond acceptors (Lipinski definition) is 4. The van der Waals surface area contributed by atoms with Crippen LogP contribution < -0.4 is 10.6 Å². The maximum absolute atomic E-state index is 10.7. The van der Waals surface area contributed by atoms with E-state index in [0.717, 1.165) is 12.7 Å². The van der Waals surface area contributed by atoms with Crippen molar-refractivity contribution in [1.82, 2.24) is 0 Å². The number of carbonyl (C=O) groups is 2. The van der Waals surface area contributed by atoms with Crippen LogP contribution in [-0.2, 0) is 16.0 Å². The second-order valence-corrected chi connectivity index (χ2v) is 6.97. The monoisotopic (exact) mass is 616 g/mol. The maximum atomic E-state index is 10.7. The average Bonchev–Trinajstić information content (AvgIpc) is 2.44. The summed E-state index contributed by atoms with van der Waals surface area (Å²) in [5, 5.41) is 23.8. The van der Waals surface area contributed by atoms with Crippen molar-refractivity contribution < 1.29 is 19.8 Å². The summed E-state index contributed by atoms with van der Waals surface area (Å²) < 4.78 is 2.25. The normalized spacial score (nSPS) is 11.8. The Balaban J connectivity index is 3.47. The second kappa shape index (κ2) is 8.65. The summed E-state index contributed by atoms with van der Waals surface area (Å²) in [6.45, 7) is -0.356. The minimum absolute atomic E-state index is 0.227. The van der Waals surface area contributed by atoms with Crippen LogP contribution in [0.3, 0.4) is 0 Å². The molecule has 1 unspecified atom stereocenters. The van der Waals surface area contributed by atoms with Gasteiger partial charge in [0.1, 0.15) is 0 Å². The van der Waals surface area contributed by atoms with Gasteiger partial charge in [-0.05, 0) is 73.3 Å². The zero-order valence-corrected chi connectivity index (χ0v) is 16.5. The molecule has 1 aromatic rings. The lowest BCUT2D eigenvalue weighted by Crippen LogP contribution is -2.19. The topological polar surface area (TPSA) is 98.7 Å². The molecule has 0 aliphatic carbocycles. The molecule has 9 heteroatoms. The van der Waals surface area contributed by atoms with Gasteiger partial charge in [0.2, 0.25) is 12.8 Å². The number of carbonyl (C=O) groups excluding carboxylic acids is 2. The third-order valence-electron chi connectivity index (χ3n) is 2.46. The minimum Gasteiger partial charge on any atom is -0.394 e. The summed E-state index contributed by atoms with van der Waals surface area (Å²) in [6.07, 6.45) is 0.447. The highest BCUT2D eigenvalue weighted by molar-refractivity contribution is 14.1. The molecule has 0 radical (unpaired) electrons. The fourth-order valence-electron chi connectivity index (χ4n) is 1.57. The summed E-state index contributed by atoms with van der Waals surface area (Å²) in [4.78, 5) is 21.4. The molecule has 6 nitrogen and oxygen atoms in total. The smallest absolute Gasteiger partial charge is 0.211 e. The Morgan fingerprint density at radius 1 is 1.00 bits per heavy atom. The Hall–Kier alpha value is 0.270. The van der Waals surface area contributed by atoms with E-state index in [1.807, 2.05) is 22.6 Å². The van der Waals surface area contributed by atoms with Gasteiger partial charge in [0, 0.05) is 13.6 Å². The molecule has 20 heavy (non-hydrogen) atoms. The summed E-state index contributed by atoms with van der Waals surface area (Å²) in [5.41, 5.74) is 1.92. The van der Waals surface area contributed by atoms with Gasteiger partial charge in [-0.25, -0.2) is 0 Å². The molecule has 1 aromatic carbocycles. The average molecular weight is 616 g/mol. The van der Waals surface area contributed by atoms with Crippen LogP contribution in [0.1, 0.15) is 5.56 Å².